The van der Waals surface area contributed by atoms with Gasteiger partial charge in [0.1, 0.15) is 11.5 Å². The van der Waals surface area contributed by atoms with Crippen LogP contribution in [0.4, 0.5) is 13.2 Å². The van der Waals surface area contributed by atoms with Crippen LogP contribution in [0, 0.1) is 11.8 Å². The summed E-state index contributed by atoms with van der Waals surface area (Å²) in [4.78, 5) is 11.7. The van der Waals surface area contributed by atoms with E-state index in [1.807, 2.05) is 0 Å². The number of ether oxygens (including phenoxy) is 2. The van der Waals surface area contributed by atoms with E-state index in [-0.39, 0.29) is 18.7 Å². The molecule has 4 nitrogen and oxygen atoms in total. The summed E-state index contributed by atoms with van der Waals surface area (Å²) in [7, 11) is 1.54. The molecule has 0 bridgehead atoms. The van der Waals surface area contributed by atoms with Gasteiger partial charge in [-0.25, -0.2) is 0 Å². The minimum atomic E-state index is -4.47. The highest BCUT2D eigenvalue weighted by atomic mass is 19.4. The normalized spacial score (nSPS) is 10.5. The van der Waals surface area contributed by atoms with Gasteiger partial charge in [0, 0.05) is 5.56 Å². The Morgan fingerprint density at radius 2 is 1.73 bits per heavy atom. The van der Waals surface area contributed by atoms with Crippen molar-refractivity contribution in [1.82, 2.24) is 5.32 Å². The molecule has 0 aliphatic heterocycles. The predicted octanol–water partition coefficient (Wildman–Crippen LogP) is 3.26. The Morgan fingerprint density at radius 1 is 1.08 bits per heavy atom. The molecular weight excluding hydrogens is 347 g/mol. The molecule has 0 saturated carbocycles. The van der Waals surface area contributed by atoms with Crippen molar-refractivity contribution in [2.45, 2.75) is 6.18 Å². The molecular formula is C19H16F3NO3. The van der Waals surface area contributed by atoms with Gasteiger partial charge in [0.05, 0.1) is 19.2 Å². The largest absolute Gasteiger partial charge is 0.497 e. The number of rotatable bonds is 5. The smallest absolute Gasteiger partial charge is 0.417 e. The van der Waals surface area contributed by atoms with Gasteiger partial charge in [0.15, 0.2) is 6.61 Å². The lowest BCUT2D eigenvalue weighted by Gasteiger charge is -2.08. The average Bonchev–Trinajstić information content (AvgIpc) is 2.63. The van der Waals surface area contributed by atoms with E-state index in [0.717, 1.165) is 6.07 Å². The lowest BCUT2D eigenvalue weighted by atomic mass is 10.1. The summed E-state index contributed by atoms with van der Waals surface area (Å²) in [5.41, 5.74) is -0.939. The zero-order valence-electron chi connectivity index (χ0n) is 13.9. The number of methoxy groups -OCH3 is 1. The lowest BCUT2D eigenvalue weighted by Crippen LogP contribution is -2.29. The van der Waals surface area contributed by atoms with Crippen molar-refractivity contribution in [2.24, 2.45) is 0 Å². The van der Waals surface area contributed by atoms with E-state index in [1.165, 1.54) is 25.3 Å². The number of carbonyl (C=O) groups is 1. The zero-order chi connectivity index (χ0) is 19.0. The fraction of sp³-hybridized carbons (Fsp3) is 0.211. The summed E-state index contributed by atoms with van der Waals surface area (Å²) in [6.07, 6.45) is -4.47. The van der Waals surface area contributed by atoms with Gasteiger partial charge in [-0.05, 0) is 36.4 Å². The molecule has 1 amide bonds. The van der Waals surface area contributed by atoms with E-state index >= 15 is 0 Å². The number of amides is 1. The van der Waals surface area contributed by atoms with Gasteiger partial charge in [-0.2, -0.15) is 13.2 Å². The first-order valence-electron chi connectivity index (χ1n) is 7.59. The van der Waals surface area contributed by atoms with E-state index in [1.54, 1.807) is 24.3 Å². The lowest BCUT2D eigenvalue weighted by molar-refractivity contribution is -0.137. The third kappa shape index (κ3) is 5.74. The van der Waals surface area contributed by atoms with Crippen LogP contribution in [0.3, 0.4) is 0 Å². The molecule has 0 heterocycles. The van der Waals surface area contributed by atoms with E-state index in [9.17, 15) is 18.0 Å². The first kappa shape index (κ1) is 19.2. The second-order valence-corrected chi connectivity index (χ2v) is 5.09. The van der Waals surface area contributed by atoms with Gasteiger partial charge in [-0.3, -0.25) is 4.79 Å². The van der Waals surface area contributed by atoms with Gasteiger partial charge in [-0.1, -0.05) is 24.0 Å². The van der Waals surface area contributed by atoms with Crippen LogP contribution in [-0.4, -0.2) is 26.2 Å². The monoisotopic (exact) mass is 363 g/mol. The number of hydrogen-bond acceptors (Lipinski definition) is 3. The number of nitrogens with one attached hydrogen (secondary N) is 1. The molecule has 0 aliphatic rings. The van der Waals surface area contributed by atoms with E-state index in [0.29, 0.717) is 11.5 Å². The first-order valence-corrected chi connectivity index (χ1v) is 7.59. The molecule has 0 aliphatic carbocycles. The maximum Gasteiger partial charge on any atom is 0.417 e. The van der Waals surface area contributed by atoms with Crippen LogP contribution in [0.2, 0.25) is 0 Å². The Morgan fingerprint density at radius 3 is 2.38 bits per heavy atom. The van der Waals surface area contributed by atoms with Crippen molar-refractivity contribution in [1.29, 1.82) is 0 Å². The minimum absolute atomic E-state index is 0.0863. The molecule has 2 aromatic rings. The molecule has 0 spiro atoms. The Hall–Kier alpha value is -3.14. The van der Waals surface area contributed by atoms with E-state index < -0.39 is 17.6 Å². The highest BCUT2D eigenvalue weighted by Crippen LogP contribution is 2.31. The molecule has 1 N–H and O–H groups in total. The van der Waals surface area contributed by atoms with Gasteiger partial charge in [0.2, 0.25) is 0 Å². The second kappa shape index (κ2) is 8.81. The topological polar surface area (TPSA) is 47.6 Å². The number of benzene rings is 2. The van der Waals surface area contributed by atoms with Gasteiger partial charge in [-0.15, -0.1) is 0 Å². The van der Waals surface area contributed by atoms with Crippen molar-refractivity contribution in [3.05, 3.63) is 59.7 Å². The van der Waals surface area contributed by atoms with Crippen molar-refractivity contribution in [2.75, 3.05) is 20.3 Å². The number of halogens is 3. The summed E-state index contributed by atoms with van der Waals surface area (Å²) in [6, 6.07) is 11.7. The summed E-state index contributed by atoms with van der Waals surface area (Å²) in [5.74, 6) is 5.65. The maximum atomic E-state index is 12.8. The van der Waals surface area contributed by atoms with Crippen molar-refractivity contribution >= 4 is 5.91 Å². The van der Waals surface area contributed by atoms with Crippen LogP contribution in [0.5, 0.6) is 11.5 Å². The number of hydrogen-bond donors (Lipinski definition) is 1. The third-order valence-corrected chi connectivity index (χ3v) is 3.26. The standard InChI is InChI=1S/C19H16F3NO3/c1-25-15-8-10-16(11-9-15)26-13-18(24)23-12-4-6-14-5-2-3-7-17(14)19(20,21)22/h2-3,5,7-11H,12-13H2,1H3,(H,23,24). The summed E-state index contributed by atoms with van der Waals surface area (Å²) in [5, 5.41) is 2.46. The van der Waals surface area contributed by atoms with Crippen LogP contribution in [0.1, 0.15) is 11.1 Å². The van der Waals surface area contributed by atoms with Gasteiger partial charge < -0.3 is 14.8 Å². The average molecular weight is 363 g/mol. The molecule has 136 valence electrons. The second-order valence-electron chi connectivity index (χ2n) is 5.09. The maximum absolute atomic E-state index is 12.8. The van der Waals surface area contributed by atoms with Crippen molar-refractivity contribution < 1.29 is 27.4 Å². The fourth-order valence-corrected chi connectivity index (χ4v) is 1.99. The van der Waals surface area contributed by atoms with Gasteiger partial charge in [0.25, 0.3) is 5.91 Å². The molecule has 0 aromatic heterocycles. The van der Waals surface area contributed by atoms with E-state index in [2.05, 4.69) is 17.2 Å². The summed E-state index contributed by atoms with van der Waals surface area (Å²) in [6.45, 7) is -0.315. The molecule has 0 fully saturated rings. The van der Waals surface area contributed by atoms with Crippen LogP contribution < -0.4 is 14.8 Å². The molecule has 7 heteroatoms. The van der Waals surface area contributed by atoms with Crippen LogP contribution >= 0.6 is 0 Å². The molecule has 2 rings (SSSR count). The molecule has 0 saturated heterocycles. The summed E-state index contributed by atoms with van der Waals surface area (Å²) >= 11 is 0. The molecule has 0 radical (unpaired) electrons. The highest BCUT2D eigenvalue weighted by Gasteiger charge is 2.32. The van der Waals surface area contributed by atoms with E-state index in [4.69, 9.17) is 9.47 Å². The molecule has 0 atom stereocenters. The Balaban J connectivity index is 1.83. The van der Waals surface area contributed by atoms with Crippen molar-refractivity contribution in [3.8, 4) is 23.3 Å². The predicted molar refractivity (Wildman–Crippen MR) is 89.8 cm³/mol. The fourth-order valence-electron chi connectivity index (χ4n) is 1.99. The van der Waals surface area contributed by atoms with Crippen molar-refractivity contribution in [3.63, 3.8) is 0 Å². The van der Waals surface area contributed by atoms with Crippen LogP contribution in [0.25, 0.3) is 0 Å². The minimum Gasteiger partial charge on any atom is -0.497 e. The Kier molecular flexibility index (Phi) is 6.50. The number of carbonyl (C=O) groups excluding carboxylic acids is 1. The highest BCUT2D eigenvalue weighted by molar-refractivity contribution is 5.77. The molecule has 2 aromatic carbocycles. The number of alkyl halides is 3. The molecule has 0 unspecified atom stereocenters. The zero-order valence-corrected chi connectivity index (χ0v) is 13.9. The van der Waals surface area contributed by atoms with Gasteiger partial charge >= 0.3 is 6.18 Å². The Labute approximate surface area is 148 Å². The Bertz CT molecular complexity index is 805. The summed E-state index contributed by atoms with van der Waals surface area (Å²) < 4.78 is 48.8. The SMILES string of the molecule is COc1ccc(OCC(=O)NCC#Cc2ccccc2C(F)(F)F)cc1. The molecule has 26 heavy (non-hydrogen) atoms. The quantitative estimate of drug-likeness (QED) is 0.830. The third-order valence-electron chi connectivity index (χ3n) is 3.26. The first-order chi connectivity index (χ1) is 12.4. The van der Waals surface area contributed by atoms with Crippen LogP contribution in [-0.2, 0) is 11.0 Å². The van der Waals surface area contributed by atoms with Crippen LogP contribution in [0.15, 0.2) is 48.5 Å².